The molecule has 4 N–H and O–H groups in total. The molecular formula is C21H20ClN3O5. The van der Waals surface area contributed by atoms with Gasteiger partial charge in [-0.1, -0.05) is 29.8 Å². The zero-order valence-electron chi connectivity index (χ0n) is 16.0. The lowest BCUT2D eigenvalue weighted by Gasteiger charge is -2.12. The fraction of sp³-hybridized carbons (Fsp3) is 0.143. The van der Waals surface area contributed by atoms with Gasteiger partial charge in [0.2, 0.25) is 5.91 Å². The maximum Gasteiger partial charge on any atom is 0.325 e. The van der Waals surface area contributed by atoms with Crippen LogP contribution in [-0.4, -0.2) is 41.4 Å². The van der Waals surface area contributed by atoms with Crippen LogP contribution in [0.15, 0.2) is 48.5 Å². The van der Waals surface area contributed by atoms with Crippen molar-refractivity contribution in [3.8, 4) is 12.8 Å². The lowest BCUT2D eigenvalue weighted by atomic mass is 10.1. The minimum absolute atomic E-state index is 0.0428. The summed E-state index contributed by atoms with van der Waals surface area (Å²) in [5, 5.41) is 16.2. The molecule has 2 aromatic carbocycles. The number of carboxylic acid groups (broad SMARTS) is 1. The first-order valence-electron chi connectivity index (χ1n) is 8.57. The molecule has 0 aromatic heterocycles. The number of hydrogen-bond donors (Lipinski definition) is 4. The van der Waals surface area contributed by atoms with Crippen LogP contribution in [0.1, 0.15) is 27.6 Å². The standard InChI is InChI=1S/C19H18ClN3O5.C2H2/c1-11(19(27)28)22-18(26)14-8-7-13(9-15(14)20)23-16(24)10-21-17(25)12-5-3-2-4-6-12;1-2/h2-9,11H,10H2,1H3,(H,21,25)(H,22,26)(H,23,24)(H,27,28);1-2H/t11-;/m0./s1. The summed E-state index contributed by atoms with van der Waals surface area (Å²) in [5.41, 5.74) is 0.834. The van der Waals surface area contributed by atoms with Crippen LogP contribution in [0.4, 0.5) is 5.69 Å². The molecule has 30 heavy (non-hydrogen) atoms. The van der Waals surface area contributed by atoms with E-state index in [-0.39, 0.29) is 23.0 Å². The van der Waals surface area contributed by atoms with E-state index in [4.69, 9.17) is 16.7 Å². The largest absolute Gasteiger partial charge is 0.480 e. The Balaban J connectivity index is 0.00000218. The molecule has 2 rings (SSSR count). The molecule has 2 aromatic rings. The van der Waals surface area contributed by atoms with Gasteiger partial charge < -0.3 is 21.1 Å². The van der Waals surface area contributed by atoms with Gasteiger partial charge in [0, 0.05) is 11.3 Å². The van der Waals surface area contributed by atoms with Crippen molar-refractivity contribution in [2.24, 2.45) is 0 Å². The molecule has 0 radical (unpaired) electrons. The van der Waals surface area contributed by atoms with Gasteiger partial charge in [-0.3, -0.25) is 19.2 Å². The lowest BCUT2D eigenvalue weighted by molar-refractivity contribution is -0.138. The number of carboxylic acids is 1. The minimum Gasteiger partial charge on any atom is -0.480 e. The predicted octanol–water partition coefficient (Wildman–Crippen LogP) is 2.16. The molecule has 1 atom stereocenters. The molecule has 0 saturated heterocycles. The number of nitrogens with one attached hydrogen (secondary N) is 3. The van der Waals surface area contributed by atoms with E-state index < -0.39 is 23.8 Å². The van der Waals surface area contributed by atoms with Gasteiger partial charge in [-0.05, 0) is 37.3 Å². The molecule has 9 heteroatoms. The van der Waals surface area contributed by atoms with Gasteiger partial charge in [-0.2, -0.15) is 0 Å². The molecule has 0 aliphatic heterocycles. The molecular weight excluding hydrogens is 410 g/mol. The Kier molecular flexibility index (Phi) is 9.59. The highest BCUT2D eigenvalue weighted by Crippen LogP contribution is 2.21. The highest BCUT2D eigenvalue weighted by molar-refractivity contribution is 6.34. The van der Waals surface area contributed by atoms with Gasteiger partial charge in [-0.15, -0.1) is 12.8 Å². The summed E-state index contributed by atoms with van der Waals surface area (Å²) in [6.45, 7) is 1.08. The third-order valence-corrected chi connectivity index (χ3v) is 3.97. The Morgan fingerprint density at radius 2 is 1.67 bits per heavy atom. The molecule has 0 saturated carbocycles. The van der Waals surface area contributed by atoms with Crippen molar-refractivity contribution < 1.29 is 24.3 Å². The third-order valence-electron chi connectivity index (χ3n) is 3.66. The zero-order valence-corrected chi connectivity index (χ0v) is 16.8. The minimum atomic E-state index is -1.18. The van der Waals surface area contributed by atoms with Crippen LogP contribution < -0.4 is 16.0 Å². The molecule has 8 nitrogen and oxygen atoms in total. The van der Waals surface area contributed by atoms with Gasteiger partial charge in [0.05, 0.1) is 17.1 Å². The van der Waals surface area contributed by atoms with Crippen molar-refractivity contribution in [2.45, 2.75) is 13.0 Å². The highest BCUT2D eigenvalue weighted by atomic mass is 35.5. The average molecular weight is 430 g/mol. The van der Waals surface area contributed by atoms with E-state index in [1.54, 1.807) is 30.3 Å². The van der Waals surface area contributed by atoms with Crippen LogP contribution >= 0.6 is 11.6 Å². The monoisotopic (exact) mass is 429 g/mol. The highest BCUT2D eigenvalue weighted by Gasteiger charge is 2.18. The summed E-state index contributed by atoms with van der Waals surface area (Å²) in [6.07, 6.45) is 8.00. The predicted molar refractivity (Wildman–Crippen MR) is 113 cm³/mol. The van der Waals surface area contributed by atoms with Crippen LogP contribution in [-0.2, 0) is 9.59 Å². The van der Waals surface area contributed by atoms with Crippen molar-refractivity contribution >= 4 is 41.0 Å². The van der Waals surface area contributed by atoms with Crippen LogP contribution in [0.25, 0.3) is 0 Å². The zero-order chi connectivity index (χ0) is 22.7. The number of amides is 3. The van der Waals surface area contributed by atoms with Gasteiger partial charge in [-0.25, -0.2) is 0 Å². The first-order valence-corrected chi connectivity index (χ1v) is 8.95. The number of carbonyl (C=O) groups is 4. The van der Waals surface area contributed by atoms with E-state index in [2.05, 4.69) is 28.8 Å². The van der Waals surface area contributed by atoms with E-state index in [9.17, 15) is 19.2 Å². The second kappa shape index (κ2) is 11.9. The Hall–Kier alpha value is -3.83. The molecule has 0 fully saturated rings. The van der Waals surface area contributed by atoms with Crippen molar-refractivity contribution in [1.29, 1.82) is 0 Å². The molecule has 156 valence electrons. The van der Waals surface area contributed by atoms with Gasteiger partial charge in [0.25, 0.3) is 11.8 Å². The Morgan fingerprint density at radius 1 is 1.03 bits per heavy atom. The summed E-state index contributed by atoms with van der Waals surface area (Å²) in [5.74, 6) is -2.68. The van der Waals surface area contributed by atoms with Crippen LogP contribution in [0, 0.1) is 12.8 Å². The number of carbonyl (C=O) groups excluding carboxylic acids is 3. The number of rotatable bonds is 7. The van der Waals surface area contributed by atoms with E-state index in [1.165, 1.54) is 25.1 Å². The SMILES string of the molecule is C#C.C[C@H](NC(=O)c1ccc(NC(=O)CNC(=O)c2ccccc2)cc1Cl)C(=O)O. The number of anilines is 1. The fourth-order valence-corrected chi connectivity index (χ4v) is 2.44. The molecule has 0 bridgehead atoms. The summed E-state index contributed by atoms with van der Waals surface area (Å²) < 4.78 is 0. The van der Waals surface area contributed by atoms with Crippen molar-refractivity contribution in [2.75, 3.05) is 11.9 Å². The Labute approximate surface area is 178 Å². The van der Waals surface area contributed by atoms with Crippen molar-refractivity contribution in [3.63, 3.8) is 0 Å². The number of halogens is 1. The smallest absolute Gasteiger partial charge is 0.325 e. The van der Waals surface area contributed by atoms with E-state index in [1.807, 2.05) is 0 Å². The summed E-state index contributed by atoms with van der Waals surface area (Å²) in [7, 11) is 0. The molecule has 0 aliphatic carbocycles. The fourth-order valence-electron chi connectivity index (χ4n) is 2.17. The second-order valence-corrected chi connectivity index (χ2v) is 6.23. The number of hydrogen-bond acceptors (Lipinski definition) is 4. The van der Waals surface area contributed by atoms with E-state index >= 15 is 0 Å². The second-order valence-electron chi connectivity index (χ2n) is 5.82. The third kappa shape index (κ3) is 7.30. The van der Waals surface area contributed by atoms with Crippen LogP contribution in [0.2, 0.25) is 5.02 Å². The van der Waals surface area contributed by atoms with Gasteiger partial charge in [0.1, 0.15) is 6.04 Å². The average Bonchev–Trinajstić information content (AvgIpc) is 2.74. The quantitative estimate of drug-likeness (QED) is 0.502. The molecule has 0 heterocycles. The molecule has 0 spiro atoms. The number of aliphatic carboxylic acids is 1. The Bertz CT molecular complexity index is 944. The number of benzene rings is 2. The molecule has 3 amide bonds. The normalized spacial score (nSPS) is 10.5. The molecule has 0 aliphatic rings. The summed E-state index contributed by atoms with van der Waals surface area (Å²) in [4.78, 5) is 46.7. The van der Waals surface area contributed by atoms with Crippen molar-refractivity contribution in [1.82, 2.24) is 10.6 Å². The first-order chi connectivity index (χ1) is 14.3. The van der Waals surface area contributed by atoms with E-state index in [0.717, 1.165) is 0 Å². The van der Waals surface area contributed by atoms with Gasteiger partial charge in [0.15, 0.2) is 0 Å². The van der Waals surface area contributed by atoms with E-state index in [0.29, 0.717) is 11.3 Å². The lowest BCUT2D eigenvalue weighted by Crippen LogP contribution is -2.38. The van der Waals surface area contributed by atoms with Crippen molar-refractivity contribution in [3.05, 3.63) is 64.7 Å². The number of terminal acetylenes is 1. The molecule has 0 unspecified atom stereocenters. The maximum absolute atomic E-state index is 12.0. The van der Waals surface area contributed by atoms with Crippen LogP contribution in [0.3, 0.4) is 0 Å². The van der Waals surface area contributed by atoms with Crippen LogP contribution in [0.5, 0.6) is 0 Å². The maximum atomic E-state index is 12.0. The summed E-state index contributed by atoms with van der Waals surface area (Å²) in [6, 6.07) is 11.6. The topological polar surface area (TPSA) is 125 Å². The summed E-state index contributed by atoms with van der Waals surface area (Å²) >= 11 is 6.05. The van der Waals surface area contributed by atoms with Gasteiger partial charge >= 0.3 is 5.97 Å². The first kappa shape index (κ1) is 24.2. The Morgan fingerprint density at radius 3 is 2.23 bits per heavy atom.